The molecule has 1 aliphatic rings. The van der Waals surface area contributed by atoms with Gasteiger partial charge in [0.05, 0.1) is 46.8 Å². The van der Waals surface area contributed by atoms with Gasteiger partial charge in [-0.05, 0) is 36.8 Å². The molecule has 2 aromatic heterocycles. The minimum atomic E-state index is -3.83. The highest BCUT2D eigenvalue weighted by Gasteiger charge is 2.30. The van der Waals surface area contributed by atoms with E-state index in [1.54, 1.807) is 31.3 Å². The summed E-state index contributed by atoms with van der Waals surface area (Å²) in [6, 6.07) is 7.00. The zero-order valence-electron chi connectivity index (χ0n) is 20.8. The van der Waals surface area contributed by atoms with Gasteiger partial charge in [0, 0.05) is 24.8 Å². The number of carbonyl (C=O) groups is 1. The van der Waals surface area contributed by atoms with Crippen LogP contribution in [0.5, 0.6) is 0 Å². The van der Waals surface area contributed by atoms with Gasteiger partial charge in [-0.15, -0.1) is 0 Å². The van der Waals surface area contributed by atoms with Crippen molar-refractivity contribution in [3.8, 4) is 11.1 Å². The van der Waals surface area contributed by atoms with Crippen molar-refractivity contribution in [2.24, 2.45) is 0 Å². The van der Waals surface area contributed by atoms with E-state index in [4.69, 9.17) is 0 Å². The van der Waals surface area contributed by atoms with Crippen molar-refractivity contribution < 1.29 is 21.6 Å². The molecule has 1 N–H and O–H groups in total. The van der Waals surface area contributed by atoms with Crippen LogP contribution in [-0.4, -0.2) is 67.9 Å². The number of sulfonamides is 2. The van der Waals surface area contributed by atoms with Crippen molar-refractivity contribution in [2.75, 3.05) is 35.5 Å². The van der Waals surface area contributed by atoms with Gasteiger partial charge in [0.1, 0.15) is 0 Å². The van der Waals surface area contributed by atoms with Crippen LogP contribution in [0.4, 0.5) is 11.5 Å². The first kappa shape index (κ1) is 27.1. The Morgan fingerprint density at radius 3 is 2.53 bits per heavy atom. The number of aromatic nitrogens is 3. The van der Waals surface area contributed by atoms with Crippen LogP contribution in [0, 0.1) is 0 Å². The number of rotatable bonds is 8. The number of anilines is 2. The second-order valence-electron chi connectivity index (χ2n) is 8.43. The number of benzene rings is 1. The number of amides is 1. The number of hydrogen-bond donors (Lipinski definition) is 1. The molecule has 1 aromatic carbocycles. The molecule has 1 fully saturated rings. The van der Waals surface area contributed by atoms with Crippen LogP contribution in [0.2, 0.25) is 0 Å². The van der Waals surface area contributed by atoms with Crippen LogP contribution in [0.25, 0.3) is 22.2 Å². The highest BCUT2D eigenvalue weighted by atomic mass is 32.2. The minimum absolute atomic E-state index is 0.0863. The maximum absolute atomic E-state index is 12.8. The third-order valence-electron chi connectivity index (χ3n) is 5.78. The normalized spacial score (nSPS) is 15.8. The zero-order valence-corrected chi connectivity index (χ0v) is 22.4. The summed E-state index contributed by atoms with van der Waals surface area (Å²) in [4.78, 5) is 27.3. The first-order valence-electron chi connectivity index (χ1n) is 11.5. The molecule has 0 unspecified atom stereocenters. The van der Waals surface area contributed by atoms with Gasteiger partial charge in [0.15, 0.2) is 5.82 Å². The van der Waals surface area contributed by atoms with E-state index in [0.29, 0.717) is 28.0 Å². The van der Waals surface area contributed by atoms with Gasteiger partial charge < -0.3 is 0 Å². The summed E-state index contributed by atoms with van der Waals surface area (Å²) >= 11 is 0. The number of fused-ring (bicyclic) bond motifs is 1. The van der Waals surface area contributed by atoms with Gasteiger partial charge in [-0.2, -0.15) is 4.31 Å². The van der Waals surface area contributed by atoms with Crippen molar-refractivity contribution in [2.45, 2.75) is 6.92 Å². The predicted molar refractivity (Wildman–Crippen MR) is 147 cm³/mol. The van der Waals surface area contributed by atoms with E-state index in [9.17, 15) is 21.6 Å². The van der Waals surface area contributed by atoms with Crippen LogP contribution in [0.1, 0.15) is 6.92 Å². The molecule has 1 saturated heterocycles. The van der Waals surface area contributed by atoms with E-state index in [2.05, 4.69) is 26.3 Å². The topological polar surface area (TPSA) is 143 Å². The van der Waals surface area contributed by atoms with Crippen molar-refractivity contribution in [1.29, 1.82) is 0 Å². The minimum Gasteiger partial charge on any atom is -0.293 e. The second kappa shape index (κ2) is 10.8. The molecule has 1 amide bonds. The maximum Gasteiger partial charge on any atom is 0.261 e. The fraction of sp³-hybridized carbons (Fsp3) is 0.200. The molecule has 0 aliphatic carbocycles. The standard InChI is InChI=1S/C25H26N6O5S2/c1-4-6-7-21(5-2)38(35,36)29-20-12-19(14-26-15-20)18-8-9-22-23(13-18)28-24(16-27-22)31-11-10-30(17-25(31)32)37(3,33)34/h4-9,12-16,29H,1,10-11,17H2,2-3H3/b7-6-,21-5+. The Kier molecular flexibility index (Phi) is 7.71. The van der Waals surface area contributed by atoms with Gasteiger partial charge in [0.25, 0.3) is 10.0 Å². The summed E-state index contributed by atoms with van der Waals surface area (Å²) in [6.07, 6.45) is 11.5. The highest BCUT2D eigenvalue weighted by molar-refractivity contribution is 7.96. The molecule has 13 heteroatoms. The molecule has 3 heterocycles. The van der Waals surface area contributed by atoms with E-state index in [-0.39, 0.29) is 36.1 Å². The summed E-state index contributed by atoms with van der Waals surface area (Å²) < 4.78 is 52.8. The molecule has 0 bridgehead atoms. The number of allylic oxidation sites excluding steroid dienone is 4. The van der Waals surface area contributed by atoms with Gasteiger partial charge in [0.2, 0.25) is 15.9 Å². The first-order chi connectivity index (χ1) is 18.0. The zero-order chi connectivity index (χ0) is 27.5. The fourth-order valence-corrected chi connectivity index (χ4v) is 5.73. The third-order valence-corrected chi connectivity index (χ3v) is 8.52. The summed E-state index contributed by atoms with van der Waals surface area (Å²) in [7, 11) is -7.30. The first-order valence-corrected chi connectivity index (χ1v) is 14.8. The average Bonchev–Trinajstić information content (AvgIpc) is 2.87. The van der Waals surface area contributed by atoms with Gasteiger partial charge in [-0.1, -0.05) is 30.9 Å². The molecule has 0 radical (unpaired) electrons. The Morgan fingerprint density at radius 1 is 1.05 bits per heavy atom. The number of pyridine rings is 1. The largest absolute Gasteiger partial charge is 0.293 e. The SMILES string of the molecule is C=C/C=C\C(=C/C)S(=O)(=O)Nc1cncc(-c2ccc3ncc(N4CCN(S(C)(=O)=O)CC4=O)nc3c2)c1. The van der Waals surface area contributed by atoms with Crippen LogP contribution in [0.3, 0.4) is 0 Å². The Bertz CT molecular complexity index is 1680. The van der Waals surface area contributed by atoms with Gasteiger partial charge in [-0.25, -0.2) is 21.8 Å². The number of piperazine rings is 1. The molecular formula is C25H26N6O5S2. The molecule has 11 nitrogen and oxygen atoms in total. The van der Waals surface area contributed by atoms with E-state index in [1.165, 1.54) is 41.6 Å². The van der Waals surface area contributed by atoms with Gasteiger partial charge >= 0.3 is 0 Å². The smallest absolute Gasteiger partial charge is 0.261 e. The Balaban J connectivity index is 1.61. The molecular weight excluding hydrogens is 528 g/mol. The maximum atomic E-state index is 12.8. The molecule has 198 valence electrons. The molecule has 0 saturated carbocycles. The molecule has 0 atom stereocenters. The van der Waals surface area contributed by atoms with Crippen molar-refractivity contribution in [3.63, 3.8) is 0 Å². The monoisotopic (exact) mass is 554 g/mol. The fourth-order valence-electron chi connectivity index (χ4n) is 3.86. The molecule has 4 rings (SSSR count). The summed E-state index contributed by atoms with van der Waals surface area (Å²) in [5.74, 6) is -0.0713. The van der Waals surface area contributed by atoms with Crippen LogP contribution in [-0.2, 0) is 24.8 Å². The van der Waals surface area contributed by atoms with Gasteiger partial charge in [-0.3, -0.25) is 24.4 Å². The lowest BCUT2D eigenvalue weighted by Crippen LogP contribution is -2.52. The van der Waals surface area contributed by atoms with Crippen LogP contribution < -0.4 is 9.62 Å². The Hall–Kier alpha value is -3.94. The predicted octanol–water partition coefficient (Wildman–Crippen LogP) is 2.69. The molecule has 0 spiro atoms. The lowest BCUT2D eigenvalue weighted by atomic mass is 10.1. The van der Waals surface area contributed by atoms with Crippen molar-refractivity contribution >= 4 is 48.5 Å². The van der Waals surface area contributed by atoms with E-state index >= 15 is 0 Å². The Labute approximate surface area is 221 Å². The molecule has 3 aromatic rings. The number of nitrogens with one attached hydrogen (secondary N) is 1. The quantitative estimate of drug-likeness (QED) is 0.419. The van der Waals surface area contributed by atoms with Crippen LogP contribution >= 0.6 is 0 Å². The second-order valence-corrected chi connectivity index (χ2v) is 12.1. The summed E-state index contributed by atoms with van der Waals surface area (Å²) in [6.45, 7) is 5.25. The Morgan fingerprint density at radius 2 is 1.84 bits per heavy atom. The van der Waals surface area contributed by atoms with E-state index < -0.39 is 20.0 Å². The number of carbonyl (C=O) groups excluding carboxylic acids is 1. The number of hydrogen-bond acceptors (Lipinski definition) is 8. The van der Waals surface area contributed by atoms with Crippen molar-refractivity contribution in [1.82, 2.24) is 19.3 Å². The highest BCUT2D eigenvalue weighted by Crippen LogP contribution is 2.27. The van der Waals surface area contributed by atoms with Crippen LogP contribution in [0.15, 0.2) is 78.6 Å². The van der Waals surface area contributed by atoms with E-state index in [1.807, 2.05) is 6.07 Å². The number of nitrogens with zero attached hydrogens (tertiary/aromatic N) is 5. The average molecular weight is 555 g/mol. The summed E-state index contributed by atoms with van der Waals surface area (Å²) in [5, 5.41) is 0. The summed E-state index contributed by atoms with van der Waals surface area (Å²) in [5.41, 5.74) is 2.74. The van der Waals surface area contributed by atoms with Crippen molar-refractivity contribution in [3.05, 3.63) is 78.6 Å². The molecule has 38 heavy (non-hydrogen) atoms. The third kappa shape index (κ3) is 5.96. The lowest BCUT2D eigenvalue weighted by molar-refractivity contribution is -0.120. The molecule has 1 aliphatic heterocycles. The van der Waals surface area contributed by atoms with E-state index in [0.717, 1.165) is 10.6 Å². The lowest BCUT2D eigenvalue weighted by Gasteiger charge is -2.32.